The SMILES string of the molecule is CC(=O)OCC1CCCCN(C)C1. The lowest BCUT2D eigenvalue weighted by molar-refractivity contribution is -0.142. The van der Waals surface area contributed by atoms with E-state index in [-0.39, 0.29) is 5.97 Å². The summed E-state index contributed by atoms with van der Waals surface area (Å²) < 4.78 is 5.02. The van der Waals surface area contributed by atoms with Gasteiger partial charge in [0.25, 0.3) is 0 Å². The minimum atomic E-state index is -0.160. The number of carbonyl (C=O) groups is 1. The van der Waals surface area contributed by atoms with Gasteiger partial charge in [0, 0.05) is 19.4 Å². The van der Waals surface area contributed by atoms with Gasteiger partial charge < -0.3 is 9.64 Å². The van der Waals surface area contributed by atoms with Gasteiger partial charge in [0.1, 0.15) is 0 Å². The minimum absolute atomic E-state index is 0.160. The molecule has 1 saturated heterocycles. The number of carbonyl (C=O) groups excluding carboxylic acids is 1. The molecule has 13 heavy (non-hydrogen) atoms. The van der Waals surface area contributed by atoms with Gasteiger partial charge in [-0.15, -0.1) is 0 Å². The van der Waals surface area contributed by atoms with Crippen molar-refractivity contribution in [3.8, 4) is 0 Å². The predicted octanol–water partition coefficient (Wildman–Crippen LogP) is 1.28. The van der Waals surface area contributed by atoms with Crippen LogP contribution in [-0.2, 0) is 9.53 Å². The number of likely N-dealkylation sites (tertiary alicyclic amines) is 1. The van der Waals surface area contributed by atoms with Gasteiger partial charge in [-0.1, -0.05) is 6.42 Å². The van der Waals surface area contributed by atoms with Crippen LogP contribution in [0.5, 0.6) is 0 Å². The Bertz CT molecular complexity index is 170. The maximum atomic E-state index is 10.6. The van der Waals surface area contributed by atoms with Crippen LogP contribution in [0.25, 0.3) is 0 Å². The first-order valence-electron chi connectivity index (χ1n) is 5.00. The Morgan fingerprint density at radius 2 is 2.31 bits per heavy atom. The van der Waals surface area contributed by atoms with Gasteiger partial charge in [-0.25, -0.2) is 0 Å². The van der Waals surface area contributed by atoms with Crippen molar-refractivity contribution in [1.29, 1.82) is 0 Å². The van der Waals surface area contributed by atoms with Crippen molar-refractivity contribution in [2.45, 2.75) is 26.2 Å². The minimum Gasteiger partial charge on any atom is -0.466 e. The lowest BCUT2D eigenvalue weighted by Crippen LogP contribution is -2.27. The largest absolute Gasteiger partial charge is 0.466 e. The fourth-order valence-corrected chi connectivity index (χ4v) is 1.81. The number of rotatable bonds is 2. The summed E-state index contributed by atoms with van der Waals surface area (Å²) >= 11 is 0. The molecule has 0 amide bonds. The van der Waals surface area contributed by atoms with Crippen molar-refractivity contribution in [1.82, 2.24) is 4.90 Å². The molecule has 0 radical (unpaired) electrons. The first kappa shape index (κ1) is 10.5. The lowest BCUT2D eigenvalue weighted by Gasteiger charge is -2.19. The van der Waals surface area contributed by atoms with E-state index in [1.54, 1.807) is 0 Å². The standard InChI is InChI=1S/C10H19NO2/c1-9(12)13-8-10-5-3-4-6-11(2)7-10/h10H,3-8H2,1-2H3. The number of hydrogen-bond acceptors (Lipinski definition) is 3. The molecule has 3 nitrogen and oxygen atoms in total. The normalized spacial score (nSPS) is 25.2. The molecule has 0 bridgehead atoms. The molecular weight excluding hydrogens is 166 g/mol. The van der Waals surface area contributed by atoms with Crippen molar-refractivity contribution < 1.29 is 9.53 Å². The average molecular weight is 185 g/mol. The number of esters is 1. The quantitative estimate of drug-likeness (QED) is 0.607. The maximum Gasteiger partial charge on any atom is 0.302 e. The first-order chi connectivity index (χ1) is 6.18. The third-order valence-electron chi connectivity index (χ3n) is 2.49. The van der Waals surface area contributed by atoms with E-state index in [1.165, 1.54) is 32.7 Å². The summed E-state index contributed by atoms with van der Waals surface area (Å²) in [4.78, 5) is 12.9. The second-order valence-electron chi connectivity index (χ2n) is 3.93. The summed E-state index contributed by atoms with van der Waals surface area (Å²) in [5, 5.41) is 0. The molecule has 1 atom stereocenters. The molecule has 0 aromatic rings. The van der Waals surface area contributed by atoms with E-state index in [1.807, 2.05) is 0 Å². The summed E-state index contributed by atoms with van der Waals surface area (Å²) in [5.41, 5.74) is 0. The summed E-state index contributed by atoms with van der Waals surface area (Å²) in [6.45, 7) is 4.31. The van der Waals surface area contributed by atoms with E-state index in [4.69, 9.17) is 4.74 Å². The van der Waals surface area contributed by atoms with E-state index in [0.29, 0.717) is 12.5 Å². The van der Waals surface area contributed by atoms with Crippen LogP contribution in [0.3, 0.4) is 0 Å². The zero-order valence-corrected chi connectivity index (χ0v) is 8.58. The molecule has 1 heterocycles. The summed E-state index contributed by atoms with van der Waals surface area (Å²) in [6, 6.07) is 0. The van der Waals surface area contributed by atoms with Gasteiger partial charge in [0.15, 0.2) is 0 Å². The average Bonchev–Trinajstić information content (AvgIpc) is 2.26. The lowest BCUT2D eigenvalue weighted by atomic mass is 10.1. The molecule has 0 aliphatic carbocycles. The van der Waals surface area contributed by atoms with Crippen LogP contribution in [0.1, 0.15) is 26.2 Å². The van der Waals surface area contributed by atoms with E-state index in [0.717, 1.165) is 6.54 Å². The van der Waals surface area contributed by atoms with Gasteiger partial charge in [-0.05, 0) is 26.4 Å². The van der Waals surface area contributed by atoms with Crippen molar-refractivity contribution in [3.63, 3.8) is 0 Å². The molecule has 1 aliphatic heterocycles. The monoisotopic (exact) mass is 185 g/mol. The third-order valence-corrected chi connectivity index (χ3v) is 2.49. The molecule has 0 aromatic heterocycles. The van der Waals surface area contributed by atoms with Crippen molar-refractivity contribution in [3.05, 3.63) is 0 Å². The van der Waals surface area contributed by atoms with E-state index in [9.17, 15) is 4.79 Å². The summed E-state index contributed by atoms with van der Waals surface area (Å²) in [7, 11) is 2.13. The highest BCUT2D eigenvalue weighted by Gasteiger charge is 2.16. The molecule has 0 spiro atoms. The third kappa shape index (κ3) is 4.27. The molecule has 1 aliphatic rings. The summed E-state index contributed by atoms with van der Waals surface area (Å²) in [5.74, 6) is 0.378. The van der Waals surface area contributed by atoms with Gasteiger partial charge in [-0.2, -0.15) is 0 Å². The smallest absolute Gasteiger partial charge is 0.302 e. The van der Waals surface area contributed by atoms with Gasteiger partial charge in [0.05, 0.1) is 6.61 Å². The zero-order valence-electron chi connectivity index (χ0n) is 8.58. The fourth-order valence-electron chi connectivity index (χ4n) is 1.81. The van der Waals surface area contributed by atoms with Crippen LogP contribution in [-0.4, -0.2) is 37.6 Å². The maximum absolute atomic E-state index is 10.6. The van der Waals surface area contributed by atoms with Crippen LogP contribution >= 0.6 is 0 Å². The number of hydrogen-bond donors (Lipinski definition) is 0. The molecular formula is C10H19NO2. The number of ether oxygens (including phenoxy) is 1. The highest BCUT2D eigenvalue weighted by atomic mass is 16.5. The Morgan fingerprint density at radius 1 is 1.54 bits per heavy atom. The second kappa shape index (κ2) is 5.22. The molecule has 0 saturated carbocycles. The van der Waals surface area contributed by atoms with Crippen molar-refractivity contribution in [2.24, 2.45) is 5.92 Å². The Morgan fingerprint density at radius 3 is 3.00 bits per heavy atom. The predicted molar refractivity (Wildman–Crippen MR) is 51.5 cm³/mol. The molecule has 0 aromatic carbocycles. The zero-order chi connectivity index (χ0) is 9.68. The highest BCUT2D eigenvalue weighted by Crippen LogP contribution is 2.15. The molecule has 1 fully saturated rings. The van der Waals surface area contributed by atoms with Crippen LogP contribution < -0.4 is 0 Å². The van der Waals surface area contributed by atoms with Gasteiger partial charge in [-0.3, -0.25) is 4.79 Å². The molecule has 1 unspecified atom stereocenters. The van der Waals surface area contributed by atoms with Gasteiger partial charge >= 0.3 is 5.97 Å². The molecule has 3 heteroatoms. The van der Waals surface area contributed by atoms with Crippen molar-refractivity contribution in [2.75, 3.05) is 26.7 Å². The second-order valence-corrected chi connectivity index (χ2v) is 3.93. The number of nitrogens with zero attached hydrogens (tertiary/aromatic N) is 1. The van der Waals surface area contributed by atoms with Crippen LogP contribution in [0.4, 0.5) is 0 Å². The Hall–Kier alpha value is -0.570. The Labute approximate surface area is 80.1 Å². The van der Waals surface area contributed by atoms with Crippen LogP contribution in [0.15, 0.2) is 0 Å². The molecule has 76 valence electrons. The van der Waals surface area contributed by atoms with Crippen LogP contribution in [0.2, 0.25) is 0 Å². The molecule has 0 N–H and O–H groups in total. The first-order valence-corrected chi connectivity index (χ1v) is 5.00. The topological polar surface area (TPSA) is 29.5 Å². The van der Waals surface area contributed by atoms with Crippen LogP contribution in [0, 0.1) is 5.92 Å². The van der Waals surface area contributed by atoms with Gasteiger partial charge in [0.2, 0.25) is 0 Å². The molecule has 1 rings (SSSR count). The fraction of sp³-hybridized carbons (Fsp3) is 0.900. The van der Waals surface area contributed by atoms with E-state index >= 15 is 0 Å². The van der Waals surface area contributed by atoms with Crippen molar-refractivity contribution >= 4 is 5.97 Å². The Balaban J connectivity index is 2.26. The van der Waals surface area contributed by atoms with E-state index < -0.39 is 0 Å². The summed E-state index contributed by atoms with van der Waals surface area (Å²) in [6.07, 6.45) is 3.72. The van der Waals surface area contributed by atoms with E-state index in [2.05, 4.69) is 11.9 Å². The Kier molecular flexibility index (Phi) is 4.22. The highest BCUT2D eigenvalue weighted by molar-refractivity contribution is 5.65.